The third-order valence-electron chi connectivity index (χ3n) is 3.85. The van der Waals surface area contributed by atoms with Crippen molar-refractivity contribution in [1.29, 1.82) is 0 Å². The van der Waals surface area contributed by atoms with Gasteiger partial charge in [0, 0.05) is 30.6 Å². The highest BCUT2D eigenvalue weighted by Crippen LogP contribution is 2.23. The van der Waals surface area contributed by atoms with Crippen molar-refractivity contribution in [2.45, 2.75) is 25.2 Å². The van der Waals surface area contributed by atoms with E-state index in [0.717, 1.165) is 5.56 Å². The fourth-order valence-electron chi connectivity index (χ4n) is 2.44. The highest BCUT2D eigenvalue weighted by Gasteiger charge is 2.28. The van der Waals surface area contributed by atoms with Crippen molar-refractivity contribution in [3.05, 3.63) is 46.6 Å². The molecule has 0 N–H and O–H groups in total. The summed E-state index contributed by atoms with van der Waals surface area (Å²) in [7, 11) is -2.21. The molecular weight excluding hydrogens is 380 g/mol. The van der Waals surface area contributed by atoms with Crippen LogP contribution in [0.2, 0.25) is 5.02 Å². The number of likely N-dealkylation sites (N-methyl/N-ethyl adjacent to an activating group) is 1. The molecule has 1 aromatic carbocycles. The van der Waals surface area contributed by atoms with Crippen LogP contribution in [-0.4, -0.2) is 41.6 Å². The molecule has 2 aromatic heterocycles. The average molecular weight is 397 g/mol. The second-order valence-corrected chi connectivity index (χ2v) is 8.17. The summed E-state index contributed by atoms with van der Waals surface area (Å²) in [5.74, 6) is 1.03. The largest absolute Gasteiger partial charge is 0.360 e. The molecule has 0 aliphatic heterocycles. The van der Waals surface area contributed by atoms with E-state index in [2.05, 4.69) is 15.3 Å². The second-order valence-electron chi connectivity index (χ2n) is 5.75. The maximum Gasteiger partial charge on any atom is 0.257 e. The monoisotopic (exact) mass is 396 g/mol. The number of hydrogen-bond donors (Lipinski definition) is 0. The molecule has 0 aliphatic rings. The molecule has 10 heteroatoms. The molecule has 138 valence electrons. The molecule has 0 unspecified atom stereocenters. The van der Waals surface area contributed by atoms with E-state index in [-0.39, 0.29) is 17.2 Å². The lowest BCUT2D eigenvalue weighted by Gasteiger charge is -2.15. The standard InChI is InChI=1S/C16H17ClN4O4S/c1-10-15(11(2)24-19-10)26(22,23)21(3)9-8-14-18-16(25-20-14)12-4-6-13(17)7-5-12/h4-7H,8-9H2,1-3H3. The molecule has 0 amide bonds. The van der Waals surface area contributed by atoms with Crippen LogP contribution in [0.3, 0.4) is 0 Å². The van der Waals surface area contributed by atoms with E-state index < -0.39 is 10.0 Å². The lowest BCUT2D eigenvalue weighted by Crippen LogP contribution is -2.30. The number of rotatable bonds is 6. The zero-order chi connectivity index (χ0) is 18.9. The van der Waals surface area contributed by atoms with Crippen LogP contribution in [0.1, 0.15) is 17.3 Å². The number of aryl methyl sites for hydroxylation is 2. The van der Waals surface area contributed by atoms with Gasteiger partial charge in [0.15, 0.2) is 11.6 Å². The van der Waals surface area contributed by atoms with E-state index >= 15 is 0 Å². The molecule has 0 spiro atoms. The minimum Gasteiger partial charge on any atom is -0.360 e. The van der Waals surface area contributed by atoms with Gasteiger partial charge in [0.05, 0.1) is 0 Å². The quantitative estimate of drug-likeness (QED) is 0.631. The molecule has 26 heavy (non-hydrogen) atoms. The summed E-state index contributed by atoms with van der Waals surface area (Å²) < 4.78 is 36.7. The van der Waals surface area contributed by atoms with Gasteiger partial charge in [-0.15, -0.1) is 0 Å². The normalized spacial score (nSPS) is 12.0. The summed E-state index contributed by atoms with van der Waals surface area (Å²) in [6, 6.07) is 7.00. The molecule has 3 aromatic rings. The Morgan fingerprint density at radius 2 is 1.81 bits per heavy atom. The van der Waals surface area contributed by atoms with Crippen LogP contribution in [-0.2, 0) is 16.4 Å². The van der Waals surface area contributed by atoms with Gasteiger partial charge in [0.2, 0.25) is 10.0 Å². The Balaban J connectivity index is 1.70. The van der Waals surface area contributed by atoms with Gasteiger partial charge in [0.1, 0.15) is 10.6 Å². The Hall–Kier alpha value is -2.23. The van der Waals surface area contributed by atoms with Crippen molar-refractivity contribution in [1.82, 2.24) is 19.6 Å². The molecule has 0 aliphatic carbocycles. The number of hydrogen-bond acceptors (Lipinski definition) is 7. The van der Waals surface area contributed by atoms with E-state index in [1.807, 2.05) is 0 Å². The van der Waals surface area contributed by atoms with Crippen molar-refractivity contribution in [2.75, 3.05) is 13.6 Å². The predicted molar refractivity (Wildman–Crippen MR) is 94.2 cm³/mol. The van der Waals surface area contributed by atoms with E-state index in [0.29, 0.717) is 28.9 Å². The fraction of sp³-hybridized carbons (Fsp3) is 0.312. The molecule has 0 saturated carbocycles. The molecule has 0 fully saturated rings. The maximum atomic E-state index is 12.7. The summed E-state index contributed by atoms with van der Waals surface area (Å²) in [4.78, 5) is 4.38. The maximum absolute atomic E-state index is 12.7. The summed E-state index contributed by atoms with van der Waals surface area (Å²) in [6.45, 7) is 3.35. The van der Waals surface area contributed by atoms with Crippen molar-refractivity contribution >= 4 is 21.6 Å². The van der Waals surface area contributed by atoms with Gasteiger partial charge >= 0.3 is 0 Å². The molecule has 0 radical (unpaired) electrons. The molecule has 2 heterocycles. The summed E-state index contributed by atoms with van der Waals surface area (Å²) >= 11 is 5.86. The van der Waals surface area contributed by atoms with Crippen LogP contribution in [0.15, 0.2) is 38.2 Å². The third-order valence-corrected chi connectivity index (χ3v) is 6.20. The first-order chi connectivity index (χ1) is 12.3. The number of sulfonamides is 1. The van der Waals surface area contributed by atoms with E-state index in [1.165, 1.54) is 11.4 Å². The first-order valence-corrected chi connectivity index (χ1v) is 9.58. The van der Waals surface area contributed by atoms with Crippen LogP contribution in [0.5, 0.6) is 0 Å². The smallest absolute Gasteiger partial charge is 0.257 e. The van der Waals surface area contributed by atoms with Gasteiger partial charge < -0.3 is 9.05 Å². The lowest BCUT2D eigenvalue weighted by molar-refractivity contribution is 0.389. The van der Waals surface area contributed by atoms with Crippen molar-refractivity contribution in [3.8, 4) is 11.5 Å². The van der Waals surface area contributed by atoms with Crippen LogP contribution < -0.4 is 0 Å². The summed E-state index contributed by atoms with van der Waals surface area (Å²) in [5.41, 5.74) is 1.07. The molecule has 3 rings (SSSR count). The zero-order valence-electron chi connectivity index (χ0n) is 14.4. The van der Waals surface area contributed by atoms with E-state index in [1.54, 1.807) is 38.1 Å². The fourth-order valence-corrected chi connectivity index (χ4v) is 4.02. The van der Waals surface area contributed by atoms with Crippen molar-refractivity contribution in [3.63, 3.8) is 0 Å². The molecule has 0 saturated heterocycles. The second kappa shape index (κ2) is 7.18. The first-order valence-electron chi connectivity index (χ1n) is 7.77. The summed E-state index contributed by atoms with van der Waals surface area (Å²) in [5, 5.41) is 8.20. The van der Waals surface area contributed by atoms with Crippen LogP contribution in [0, 0.1) is 13.8 Å². The third kappa shape index (κ3) is 3.64. The van der Waals surface area contributed by atoms with Crippen molar-refractivity contribution < 1.29 is 17.5 Å². The number of nitrogens with zero attached hydrogens (tertiary/aromatic N) is 4. The Kier molecular flexibility index (Phi) is 5.12. The van der Waals surface area contributed by atoms with E-state index in [9.17, 15) is 8.42 Å². The number of aromatic nitrogens is 3. The van der Waals surface area contributed by atoms with Gasteiger partial charge in [0.25, 0.3) is 5.89 Å². The van der Waals surface area contributed by atoms with Gasteiger partial charge in [-0.25, -0.2) is 12.7 Å². The van der Waals surface area contributed by atoms with Gasteiger partial charge in [-0.2, -0.15) is 4.98 Å². The molecule has 0 bridgehead atoms. The Morgan fingerprint density at radius 1 is 1.12 bits per heavy atom. The van der Waals surface area contributed by atoms with Crippen LogP contribution in [0.25, 0.3) is 11.5 Å². The molecule has 0 atom stereocenters. The predicted octanol–water partition coefficient (Wildman–Crippen LogP) is 2.86. The highest BCUT2D eigenvalue weighted by atomic mass is 35.5. The first kappa shape index (κ1) is 18.6. The Morgan fingerprint density at radius 3 is 2.42 bits per heavy atom. The molecule has 8 nitrogen and oxygen atoms in total. The van der Waals surface area contributed by atoms with Gasteiger partial charge in [-0.1, -0.05) is 21.9 Å². The lowest BCUT2D eigenvalue weighted by atomic mass is 10.2. The van der Waals surface area contributed by atoms with Crippen LogP contribution in [0.4, 0.5) is 0 Å². The zero-order valence-corrected chi connectivity index (χ0v) is 16.0. The van der Waals surface area contributed by atoms with Crippen LogP contribution >= 0.6 is 11.6 Å². The Labute approximate surface area is 155 Å². The Bertz CT molecular complexity index is 992. The summed E-state index contributed by atoms with van der Waals surface area (Å²) in [6.07, 6.45) is 0.302. The number of benzene rings is 1. The van der Waals surface area contributed by atoms with Crippen molar-refractivity contribution in [2.24, 2.45) is 0 Å². The SMILES string of the molecule is Cc1noc(C)c1S(=O)(=O)N(C)CCc1noc(-c2ccc(Cl)cc2)n1. The highest BCUT2D eigenvalue weighted by molar-refractivity contribution is 7.89. The average Bonchev–Trinajstić information content (AvgIpc) is 3.20. The van der Waals surface area contributed by atoms with Gasteiger partial charge in [-0.05, 0) is 38.1 Å². The minimum absolute atomic E-state index is 0.0926. The van der Waals surface area contributed by atoms with E-state index in [4.69, 9.17) is 20.6 Å². The van der Waals surface area contributed by atoms with Gasteiger partial charge in [-0.3, -0.25) is 0 Å². The molecular formula is C16H17ClN4O4S. The number of halogens is 1. The minimum atomic E-state index is -3.70. The topological polar surface area (TPSA) is 102 Å².